The van der Waals surface area contributed by atoms with Crippen LogP contribution in [-0.2, 0) is 14.0 Å². The minimum atomic E-state index is -0.470. The molecule has 5 nitrogen and oxygen atoms in total. The van der Waals surface area contributed by atoms with E-state index < -0.39 is 24.3 Å². The minimum Gasteiger partial charge on any atom is -0.465 e. The normalized spacial score (nSPS) is 20.0. The Kier molecular flexibility index (Phi) is 4.21. The van der Waals surface area contributed by atoms with Gasteiger partial charge < -0.3 is 14.0 Å². The molecule has 21 heavy (non-hydrogen) atoms. The molecule has 1 saturated heterocycles. The Morgan fingerprint density at radius 1 is 1.29 bits per heavy atom. The molecule has 0 saturated carbocycles. The maximum atomic E-state index is 11.7. The lowest BCUT2D eigenvalue weighted by Gasteiger charge is -2.32. The molecular weight excluding hydrogens is 269 g/mol. The molecule has 0 spiro atoms. The fourth-order valence-electron chi connectivity index (χ4n) is 1.97. The highest BCUT2D eigenvalue weighted by atomic mass is 16.7. The van der Waals surface area contributed by atoms with E-state index in [9.17, 15) is 4.79 Å². The number of methoxy groups -OCH3 is 1. The Bertz CT molecular complexity index is 553. The van der Waals surface area contributed by atoms with Gasteiger partial charge in [0.1, 0.15) is 0 Å². The van der Waals surface area contributed by atoms with Gasteiger partial charge in [-0.3, -0.25) is 4.98 Å². The summed E-state index contributed by atoms with van der Waals surface area (Å²) in [7, 11) is 0.874. The van der Waals surface area contributed by atoms with Gasteiger partial charge in [0.2, 0.25) is 0 Å². The van der Waals surface area contributed by atoms with Crippen LogP contribution in [-0.4, -0.2) is 36.4 Å². The number of carbonyl (C=O) groups excluding carboxylic acids is 1. The van der Waals surface area contributed by atoms with Crippen LogP contribution in [0.4, 0.5) is 0 Å². The topological polar surface area (TPSA) is 57.7 Å². The molecule has 0 N–H and O–H groups in total. The molecular formula is C15H20BNO4. The number of rotatable bonds is 3. The van der Waals surface area contributed by atoms with E-state index in [1.807, 2.05) is 27.7 Å². The second-order valence-corrected chi connectivity index (χ2v) is 5.91. The second-order valence-electron chi connectivity index (χ2n) is 5.91. The summed E-state index contributed by atoms with van der Waals surface area (Å²) in [5.41, 5.74) is 0.154. The monoisotopic (exact) mass is 289 g/mol. The third kappa shape index (κ3) is 3.17. The first kappa shape index (κ1) is 15.7. The van der Waals surface area contributed by atoms with Crippen molar-refractivity contribution in [3.8, 4) is 0 Å². The molecule has 0 bridgehead atoms. The highest BCUT2D eigenvalue weighted by Crippen LogP contribution is 2.37. The zero-order valence-electron chi connectivity index (χ0n) is 13.0. The van der Waals surface area contributed by atoms with Crippen molar-refractivity contribution in [2.75, 3.05) is 7.11 Å². The van der Waals surface area contributed by atoms with Crippen LogP contribution < -0.4 is 0 Å². The number of ether oxygens (including phenoxy) is 1. The fraction of sp³-hybridized carbons (Fsp3) is 0.467. The lowest BCUT2D eigenvalue weighted by molar-refractivity contribution is 0.00578. The number of nitrogens with zero attached hydrogens (tertiary/aromatic N) is 1. The van der Waals surface area contributed by atoms with Crippen molar-refractivity contribution >= 4 is 19.2 Å². The van der Waals surface area contributed by atoms with E-state index in [-0.39, 0.29) is 0 Å². The van der Waals surface area contributed by atoms with Crippen LogP contribution >= 0.6 is 0 Å². The standard InChI is InChI=1S/C15H20BNO4/c1-14(2)15(3,4)21-16(20-14)9-8-12-11(13(18)19-5)7-6-10-17-12/h6-10H,1-5H3/b9-8+. The van der Waals surface area contributed by atoms with Crippen LogP contribution in [0, 0.1) is 0 Å². The number of hydrogen-bond acceptors (Lipinski definition) is 5. The van der Waals surface area contributed by atoms with Gasteiger partial charge in [0.05, 0.1) is 29.6 Å². The fourth-order valence-corrected chi connectivity index (χ4v) is 1.97. The first-order chi connectivity index (χ1) is 9.77. The molecule has 6 heteroatoms. The van der Waals surface area contributed by atoms with Crippen LogP contribution in [0.5, 0.6) is 0 Å². The molecule has 112 valence electrons. The summed E-state index contributed by atoms with van der Waals surface area (Å²) >= 11 is 0. The third-order valence-electron chi connectivity index (χ3n) is 3.93. The lowest BCUT2D eigenvalue weighted by atomic mass is 9.89. The Morgan fingerprint density at radius 2 is 1.90 bits per heavy atom. The summed E-state index contributed by atoms with van der Waals surface area (Å²) in [6.07, 6.45) is 3.34. The van der Waals surface area contributed by atoms with E-state index in [0.717, 1.165) is 0 Å². The summed E-state index contributed by atoms with van der Waals surface area (Å²) in [6, 6.07) is 3.36. The van der Waals surface area contributed by atoms with Gasteiger partial charge in [0, 0.05) is 6.20 Å². The zero-order chi connectivity index (χ0) is 15.7. The summed E-state index contributed by atoms with van der Waals surface area (Å²) in [6.45, 7) is 7.95. The number of hydrogen-bond donors (Lipinski definition) is 0. The Hall–Kier alpha value is -1.66. The average molecular weight is 289 g/mol. The molecule has 1 aromatic heterocycles. The van der Waals surface area contributed by atoms with Gasteiger partial charge in [-0.1, -0.05) is 5.98 Å². The van der Waals surface area contributed by atoms with Crippen molar-refractivity contribution in [2.45, 2.75) is 38.9 Å². The molecule has 1 aliphatic heterocycles. The first-order valence-corrected chi connectivity index (χ1v) is 6.84. The van der Waals surface area contributed by atoms with Crippen LogP contribution in [0.15, 0.2) is 24.3 Å². The second kappa shape index (κ2) is 5.62. The minimum absolute atomic E-state index is 0.392. The molecule has 0 radical (unpaired) electrons. The van der Waals surface area contributed by atoms with Gasteiger partial charge in [-0.05, 0) is 45.9 Å². The number of carbonyl (C=O) groups is 1. The molecule has 0 atom stereocenters. The van der Waals surface area contributed by atoms with E-state index in [0.29, 0.717) is 11.3 Å². The Balaban J connectivity index is 2.19. The van der Waals surface area contributed by atoms with E-state index in [2.05, 4.69) is 4.98 Å². The molecule has 0 aromatic carbocycles. The van der Waals surface area contributed by atoms with E-state index in [1.54, 1.807) is 30.4 Å². The van der Waals surface area contributed by atoms with Gasteiger partial charge in [0.15, 0.2) is 0 Å². The van der Waals surface area contributed by atoms with Gasteiger partial charge in [-0.25, -0.2) is 4.79 Å². The van der Waals surface area contributed by atoms with Gasteiger partial charge >= 0.3 is 13.1 Å². The molecule has 0 aliphatic carbocycles. The summed E-state index contributed by atoms with van der Waals surface area (Å²) in [5, 5.41) is 0. The predicted octanol–water partition coefficient (Wildman–Crippen LogP) is 2.51. The molecule has 0 amide bonds. The Labute approximate surface area is 125 Å². The third-order valence-corrected chi connectivity index (χ3v) is 3.93. The number of pyridine rings is 1. The van der Waals surface area contributed by atoms with E-state index in [4.69, 9.17) is 14.0 Å². The molecule has 1 aliphatic rings. The molecule has 2 rings (SSSR count). The average Bonchev–Trinajstić information content (AvgIpc) is 2.64. The maximum Gasteiger partial charge on any atom is 0.487 e. The zero-order valence-corrected chi connectivity index (χ0v) is 13.0. The van der Waals surface area contributed by atoms with Crippen LogP contribution in [0.3, 0.4) is 0 Å². The highest BCUT2D eigenvalue weighted by Gasteiger charge is 2.50. The largest absolute Gasteiger partial charge is 0.487 e. The SMILES string of the molecule is COC(=O)c1cccnc1/C=C/B1OC(C)(C)C(C)(C)O1. The van der Waals surface area contributed by atoms with Gasteiger partial charge in [0.25, 0.3) is 0 Å². The van der Waals surface area contributed by atoms with Crippen LogP contribution in [0.25, 0.3) is 6.08 Å². The Morgan fingerprint density at radius 3 is 2.48 bits per heavy atom. The van der Waals surface area contributed by atoms with Crippen LogP contribution in [0.2, 0.25) is 0 Å². The maximum absolute atomic E-state index is 11.7. The van der Waals surface area contributed by atoms with Crippen molar-refractivity contribution in [1.29, 1.82) is 0 Å². The van der Waals surface area contributed by atoms with Crippen LogP contribution in [0.1, 0.15) is 43.7 Å². The number of esters is 1. The van der Waals surface area contributed by atoms with Gasteiger partial charge in [-0.15, -0.1) is 0 Å². The first-order valence-electron chi connectivity index (χ1n) is 6.84. The van der Waals surface area contributed by atoms with E-state index in [1.165, 1.54) is 7.11 Å². The van der Waals surface area contributed by atoms with Crippen molar-refractivity contribution in [1.82, 2.24) is 4.98 Å². The van der Waals surface area contributed by atoms with E-state index >= 15 is 0 Å². The summed E-state index contributed by atoms with van der Waals surface area (Å²) in [4.78, 5) is 15.9. The van der Waals surface area contributed by atoms with Gasteiger partial charge in [-0.2, -0.15) is 0 Å². The van der Waals surface area contributed by atoms with Crippen molar-refractivity contribution in [3.05, 3.63) is 35.6 Å². The molecule has 2 heterocycles. The molecule has 1 fully saturated rings. The van der Waals surface area contributed by atoms with Crippen molar-refractivity contribution in [3.63, 3.8) is 0 Å². The number of aromatic nitrogens is 1. The molecule has 0 unspecified atom stereocenters. The van der Waals surface area contributed by atoms with Crippen molar-refractivity contribution in [2.24, 2.45) is 0 Å². The quantitative estimate of drug-likeness (QED) is 0.632. The summed E-state index contributed by atoms with van der Waals surface area (Å²) in [5.74, 6) is 1.34. The highest BCUT2D eigenvalue weighted by molar-refractivity contribution is 6.52. The predicted molar refractivity (Wildman–Crippen MR) is 80.7 cm³/mol. The lowest BCUT2D eigenvalue weighted by Crippen LogP contribution is -2.41. The molecule has 1 aromatic rings. The van der Waals surface area contributed by atoms with Crippen molar-refractivity contribution < 1.29 is 18.8 Å². The smallest absolute Gasteiger partial charge is 0.465 e. The summed E-state index contributed by atoms with van der Waals surface area (Å²) < 4.78 is 16.5.